The van der Waals surface area contributed by atoms with Crippen LogP contribution < -0.4 is 0 Å². The molecule has 0 unspecified atom stereocenters. The Labute approximate surface area is 75.3 Å². The molecule has 0 heterocycles. The molecule has 0 aromatic heterocycles. The van der Waals surface area contributed by atoms with Crippen LogP contribution in [0.1, 0.15) is 25.7 Å². The third kappa shape index (κ3) is 2.86. The van der Waals surface area contributed by atoms with E-state index in [2.05, 4.69) is 0 Å². The average molecular weight is 216 g/mol. The van der Waals surface area contributed by atoms with Gasteiger partial charge in [0.1, 0.15) is 0 Å². The molecule has 13 heavy (non-hydrogen) atoms. The molecule has 6 heteroatoms. The van der Waals surface area contributed by atoms with Crippen LogP contribution >= 0.6 is 0 Å². The molecule has 1 fully saturated rings. The molecular formula is C7H11F3O2S. The first kappa shape index (κ1) is 10.8. The Kier molecular flexibility index (Phi) is 3.21. The van der Waals surface area contributed by atoms with Gasteiger partial charge in [-0.15, -0.1) is 3.89 Å². The molecule has 1 saturated carbocycles. The second-order valence-corrected chi connectivity index (χ2v) is 4.96. The third-order valence-corrected chi connectivity index (χ3v) is 3.74. The fourth-order valence-corrected chi connectivity index (χ4v) is 2.46. The number of rotatable bonds is 2. The van der Waals surface area contributed by atoms with E-state index < -0.39 is 27.8 Å². The van der Waals surface area contributed by atoms with Gasteiger partial charge in [0.2, 0.25) is 6.43 Å². The Morgan fingerprint density at radius 3 is 1.85 bits per heavy atom. The average Bonchev–Trinajstić information content (AvgIpc) is 2.03. The number of halogens is 3. The van der Waals surface area contributed by atoms with Crippen molar-refractivity contribution in [3.63, 3.8) is 0 Å². The summed E-state index contributed by atoms with van der Waals surface area (Å²) < 4.78 is 57.4. The Hall–Kier alpha value is -0.260. The van der Waals surface area contributed by atoms with Gasteiger partial charge in [-0.3, -0.25) is 0 Å². The maximum atomic E-state index is 12.4. The van der Waals surface area contributed by atoms with Crippen LogP contribution in [0.5, 0.6) is 0 Å². The van der Waals surface area contributed by atoms with Gasteiger partial charge in [0.05, 0.1) is 5.25 Å². The van der Waals surface area contributed by atoms with Gasteiger partial charge in [0, 0.05) is 5.92 Å². The molecule has 0 saturated heterocycles. The summed E-state index contributed by atoms with van der Waals surface area (Å²) in [5.41, 5.74) is 0. The second-order valence-electron chi connectivity index (χ2n) is 3.35. The lowest BCUT2D eigenvalue weighted by molar-refractivity contribution is 0.0565. The van der Waals surface area contributed by atoms with Gasteiger partial charge in [-0.05, 0) is 25.7 Å². The van der Waals surface area contributed by atoms with Crippen LogP contribution in [0, 0.1) is 5.92 Å². The van der Waals surface area contributed by atoms with Crippen molar-refractivity contribution in [1.29, 1.82) is 0 Å². The van der Waals surface area contributed by atoms with E-state index in [0.29, 0.717) is 0 Å². The zero-order valence-corrected chi connectivity index (χ0v) is 7.74. The summed E-state index contributed by atoms with van der Waals surface area (Å²) in [5.74, 6) is -0.752. The Balaban J connectivity index is 2.49. The van der Waals surface area contributed by atoms with Crippen molar-refractivity contribution in [2.45, 2.75) is 37.4 Å². The SMILES string of the molecule is O=S(=O)(F)C1CCC(C(F)F)CC1. The zero-order chi connectivity index (χ0) is 10.1. The molecule has 0 amide bonds. The summed E-state index contributed by atoms with van der Waals surface area (Å²) >= 11 is 0. The van der Waals surface area contributed by atoms with Gasteiger partial charge in [-0.1, -0.05) is 0 Å². The first-order valence-corrected chi connectivity index (χ1v) is 5.57. The van der Waals surface area contributed by atoms with Crippen LogP contribution in [-0.2, 0) is 10.2 Å². The monoisotopic (exact) mass is 216 g/mol. The lowest BCUT2D eigenvalue weighted by Crippen LogP contribution is -2.27. The van der Waals surface area contributed by atoms with E-state index >= 15 is 0 Å². The van der Waals surface area contributed by atoms with Crippen LogP contribution in [0.2, 0.25) is 0 Å². The van der Waals surface area contributed by atoms with E-state index in [1.807, 2.05) is 0 Å². The molecule has 0 aromatic rings. The van der Waals surface area contributed by atoms with Gasteiger partial charge >= 0.3 is 10.2 Å². The predicted octanol–water partition coefficient (Wildman–Crippen LogP) is 2.11. The van der Waals surface area contributed by atoms with Crippen molar-refractivity contribution < 1.29 is 21.1 Å². The van der Waals surface area contributed by atoms with Crippen LogP contribution in [0.15, 0.2) is 0 Å². The highest BCUT2D eigenvalue weighted by atomic mass is 32.3. The predicted molar refractivity (Wildman–Crippen MR) is 41.8 cm³/mol. The van der Waals surface area contributed by atoms with E-state index in [-0.39, 0.29) is 25.7 Å². The van der Waals surface area contributed by atoms with Crippen molar-refractivity contribution in [3.05, 3.63) is 0 Å². The maximum absolute atomic E-state index is 12.4. The Morgan fingerprint density at radius 2 is 1.54 bits per heavy atom. The molecule has 1 aliphatic carbocycles. The molecule has 0 radical (unpaired) electrons. The molecule has 78 valence electrons. The van der Waals surface area contributed by atoms with Crippen molar-refractivity contribution in [1.82, 2.24) is 0 Å². The van der Waals surface area contributed by atoms with Crippen molar-refractivity contribution in [2.24, 2.45) is 5.92 Å². The first-order chi connectivity index (χ1) is 5.91. The highest BCUT2D eigenvalue weighted by Crippen LogP contribution is 2.32. The summed E-state index contributed by atoms with van der Waals surface area (Å²) in [5, 5.41) is -1.05. The molecule has 0 aromatic carbocycles. The lowest BCUT2D eigenvalue weighted by Gasteiger charge is -2.25. The standard InChI is InChI=1S/C7H11F3O2S/c8-7(9)5-1-3-6(4-2-5)13(10,11)12/h5-7H,1-4H2. The molecule has 0 atom stereocenters. The van der Waals surface area contributed by atoms with Crippen molar-refractivity contribution in [3.8, 4) is 0 Å². The van der Waals surface area contributed by atoms with Crippen LogP contribution in [0.25, 0.3) is 0 Å². The maximum Gasteiger partial charge on any atom is 0.305 e. The minimum atomic E-state index is -4.52. The van der Waals surface area contributed by atoms with Gasteiger partial charge < -0.3 is 0 Å². The van der Waals surface area contributed by atoms with Gasteiger partial charge in [0.15, 0.2) is 0 Å². The molecule has 0 bridgehead atoms. The number of hydrogen-bond acceptors (Lipinski definition) is 2. The van der Waals surface area contributed by atoms with Crippen LogP contribution in [-0.4, -0.2) is 20.1 Å². The first-order valence-electron chi connectivity index (χ1n) is 4.13. The van der Waals surface area contributed by atoms with Crippen LogP contribution in [0.4, 0.5) is 12.7 Å². The Morgan fingerprint density at radius 1 is 1.08 bits per heavy atom. The molecule has 1 rings (SSSR count). The molecule has 0 N–H and O–H groups in total. The molecule has 0 aliphatic heterocycles. The highest BCUT2D eigenvalue weighted by Gasteiger charge is 2.33. The molecular weight excluding hydrogens is 205 g/mol. The topological polar surface area (TPSA) is 34.1 Å². The minimum absolute atomic E-state index is 0.0217. The largest absolute Gasteiger partial charge is 0.305 e. The second kappa shape index (κ2) is 3.86. The fraction of sp³-hybridized carbons (Fsp3) is 1.00. The molecule has 0 spiro atoms. The number of alkyl halides is 2. The summed E-state index contributed by atoms with van der Waals surface area (Å²) in [6.07, 6.45) is -2.16. The fourth-order valence-electron chi connectivity index (χ4n) is 1.62. The molecule has 1 aliphatic rings. The van der Waals surface area contributed by atoms with Crippen LogP contribution in [0.3, 0.4) is 0 Å². The lowest BCUT2D eigenvalue weighted by atomic mass is 9.89. The van der Waals surface area contributed by atoms with E-state index in [9.17, 15) is 21.1 Å². The Bertz CT molecular complexity index is 255. The summed E-state index contributed by atoms with van der Waals surface area (Å²) in [6.45, 7) is 0. The zero-order valence-electron chi connectivity index (χ0n) is 6.92. The van der Waals surface area contributed by atoms with Crippen molar-refractivity contribution >= 4 is 10.2 Å². The van der Waals surface area contributed by atoms with E-state index in [1.165, 1.54) is 0 Å². The highest BCUT2D eigenvalue weighted by molar-refractivity contribution is 7.87. The van der Waals surface area contributed by atoms with E-state index in [4.69, 9.17) is 0 Å². The van der Waals surface area contributed by atoms with E-state index in [0.717, 1.165) is 0 Å². The summed E-state index contributed by atoms with van der Waals surface area (Å²) in [6, 6.07) is 0. The molecule has 2 nitrogen and oxygen atoms in total. The van der Waals surface area contributed by atoms with Gasteiger partial charge in [0.25, 0.3) is 0 Å². The smallest absolute Gasteiger partial charge is 0.210 e. The van der Waals surface area contributed by atoms with Gasteiger partial charge in [-0.25, -0.2) is 8.78 Å². The van der Waals surface area contributed by atoms with Gasteiger partial charge in [-0.2, -0.15) is 8.42 Å². The van der Waals surface area contributed by atoms with E-state index in [1.54, 1.807) is 0 Å². The minimum Gasteiger partial charge on any atom is -0.210 e. The quantitative estimate of drug-likeness (QED) is 0.662. The summed E-state index contributed by atoms with van der Waals surface area (Å²) in [7, 11) is -4.52. The number of hydrogen-bond donors (Lipinski definition) is 0. The van der Waals surface area contributed by atoms with Crippen molar-refractivity contribution in [2.75, 3.05) is 0 Å². The third-order valence-electron chi connectivity index (χ3n) is 2.47. The summed E-state index contributed by atoms with van der Waals surface area (Å²) in [4.78, 5) is 0. The normalized spacial score (nSPS) is 30.8.